The maximum absolute atomic E-state index is 12.5. The molecule has 0 bridgehead atoms. The van der Waals surface area contributed by atoms with E-state index >= 15 is 0 Å². The van der Waals surface area contributed by atoms with E-state index in [-0.39, 0.29) is 35.7 Å². The number of piperazine rings is 1. The first-order chi connectivity index (χ1) is 14.4. The van der Waals surface area contributed by atoms with Crippen LogP contribution in [0.4, 0.5) is 0 Å². The van der Waals surface area contributed by atoms with Gasteiger partial charge in [-0.05, 0) is 29.8 Å². The van der Waals surface area contributed by atoms with Gasteiger partial charge in [-0.2, -0.15) is 0 Å². The quantitative estimate of drug-likeness (QED) is 0.688. The van der Waals surface area contributed by atoms with E-state index in [2.05, 4.69) is 10.3 Å². The number of carbonyl (C=O) groups is 3. The highest BCUT2D eigenvalue weighted by Crippen LogP contribution is 2.12. The van der Waals surface area contributed by atoms with Crippen molar-refractivity contribution in [3.05, 3.63) is 63.9 Å². The van der Waals surface area contributed by atoms with Crippen molar-refractivity contribution in [2.45, 2.75) is 19.4 Å². The number of carbonyl (C=O) groups excluding carboxylic acids is 3. The van der Waals surface area contributed by atoms with Crippen molar-refractivity contribution >= 4 is 40.9 Å². The average Bonchev–Trinajstić information content (AvgIpc) is 2.76. The van der Waals surface area contributed by atoms with Crippen LogP contribution in [0, 0.1) is 0 Å². The molecule has 1 aromatic heterocycles. The number of nitrogens with zero attached hydrogens (tertiary/aromatic N) is 3. The van der Waals surface area contributed by atoms with Gasteiger partial charge in [-0.25, -0.2) is 4.98 Å². The minimum atomic E-state index is -0.203. The molecular formula is C21H22Cl2N4O3. The summed E-state index contributed by atoms with van der Waals surface area (Å²) in [5.74, 6) is -0.477. The van der Waals surface area contributed by atoms with Crippen LogP contribution in [0.15, 0.2) is 42.5 Å². The molecule has 1 fully saturated rings. The molecular weight excluding hydrogens is 427 g/mol. The maximum Gasteiger partial charge on any atom is 0.272 e. The number of rotatable bonds is 6. The van der Waals surface area contributed by atoms with E-state index in [1.165, 1.54) is 0 Å². The van der Waals surface area contributed by atoms with Crippen molar-refractivity contribution in [2.24, 2.45) is 0 Å². The number of benzene rings is 1. The highest BCUT2D eigenvalue weighted by atomic mass is 35.5. The summed E-state index contributed by atoms with van der Waals surface area (Å²) in [4.78, 5) is 44.3. The molecule has 9 heteroatoms. The molecule has 1 N–H and O–H groups in total. The third-order valence-corrected chi connectivity index (χ3v) is 5.29. The molecule has 1 aromatic carbocycles. The molecule has 0 aliphatic carbocycles. The highest BCUT2D eigenvalue weighted by Gasteiger charge is 2.25. The van der Waals surface area contributed by atoms with Gasteiger partial charge in [0.2, 0.25) is 11.8 Å². The Morgan fingerprint density at radius 1 is 0.900 bits per heavy atom. The molecule has 30 heavy (non-hydrogen) atoms. The van der Waals surface area contributed by atoms with Crippen LogP contribution in [0.5, 0.6) is 0 Å². The van der Waals surface area contributed by atoms with Crippen LogP contribution < -0.4 is 5.32 Å². The second kappa shape index (κ2) is 10.4. The third kappa shape index (κ3) is 6.18. The maximum atomic E-state index is 12.5. The van der Waals surface area contributed by atoms with Crippen molar-refractivity contribution in [3.63, 3.8) is 0 Å². The van der Waals surface area contributed by atoms with E-state index < -0.39 is 0 Å². The Kier molecular flexibility index (Phi) is 7.65. The van der Waals surface area contributed by atoms with E-state index in [1.807, 2.05) is 12.1 Å². The zero-order valence-corrected chi connectivity index (χ0v) is 17.8. The highest BCUT2D eigenvalue weighted by molar-refractivity contribution is 6.30. The Hall–Kier alpha value is -2.64. The predicted octanol–water partition coefficient (Wildman–Crippen LogP) is 2.77. The number of halogens is 2. The van der Waals surface area contributed by atoms with Crippen molar-refractivity contribution < 1.29 is 14.4 Å². The van der Waals surface area contributed by atoms with Gasteiger partial charge >= 0.3 is 0 Å². The van der Waals surface area contributed by atoms with Gasteiger partial charge in [-0.1, -0.05) is 41.4 Å². The van der Waals surface area contributed by atoms with Crippen molar-refractivity contribution in [1.82, 2.24) is 20.1 Å². The number of hydrogen-bond acceptors (Lipinski definition) is 4. The van der Waals surface area contributed by atoms with Gasteiger partial charge in [0.15, 0.2) is 0 Å². The standard InChI is InChI=1S/C21H22Cl2N4O3/c22-16-6-4-15(5-7-16)14-24-19(28)8-9-20(29)26-10-12-27(13-11-26)21(30)17-2-1-3-18(23)25-17/h1-7H,8-14H2,(H,24,28). The van der Waals surface area contributed by atoms with Crippen LogP contribution in [0.3, 0.4) is 0 Å². The van der Waals surface area contributed by atoms with Crippen LogP contribution in [0.2, 0.25) is 10.2 Å². The molecule has 1 saturated heterocycles. The normalized spacial score (nSPS) is 13.8. The minimum absolute atomic E-state index is 0.0929. The first-order valence-corrected chi connectivity index (χ1v) is 10.4. The van der Waals surface area contributed by atoms with Gasteiger partial charge in [0.25, 0.3) is 5.91 Å². The van der Waals surface area contributed by atoms with Gasteiger partial charge in [-0.15, -0.1) is 0 Å². The molecule has 0 radical (unpaired) electrons. The van der Waals surface area contributed by atoms with E-state index in [0.717, 1.165) is 5.56 Å². The van der Waals surface area contributed by atoms with Gasteiger partial charge in [-0.3, -0.25) is 14.4 Å². The lowest BCUT2D eigenvalue weighted by molar-refractivity contribution is -0.134. The smallest absolute Gasteiger partial charge is 0.272 e. The number of aromatic nitrogens is 1. The van der Waals surface area contributed by atoms with Gasteiger partial charge < -0.3 is 15.1 Å². The number of amides is 3. The Morgan fingerprint density at radius 3 is 2.23 bits per heavy atom. The number of pyridine rings is 1. The SMILES string of the molecule is O=C(CCC(=O)N1CCN(C(=O)c2cccc(Cl)n2)CC1)NCc1ccc(Cl)cc1. The lowest BCUT2D eigenvalue weighted by Crippen LogP contribution is -2.50. The Labute approximate surface area is 185 Å². The summed E-state index contributed by atoms with van der Waals surface area (Å²) in [6.07, 6.45) is 0.258. The zero-order valence-electron chi connectivity index (χ0n) is 16.3. The molecule has 0 unspecified atom stereocenters. The monoisotopic (exact) mass is 448 g/mol. The summed E-state index contributed by atoms with van der Waals surface area (Å²) < 4.78 is 0. The first kappa shape index (κ1) is 22.1. The summed E-state index contributed by atoms with van der Waals surface area (Å²) in [6, 6.07) is 12.1. The van der Waals surface area contributed by atoms with Gasteiger partial charge in [0.05, 0.1) is 0 Å². The Bertz CT molecular complexity index is 913. The third-order valence-electron chi connectivity index (χ3n) is 4.82. The summed E-state index contributed by atoms with van der Waals surface area (Å²) in [5.41, 5.74) is 1.23. The van der Waals surface area contributed by atoms with E-state index in [1.54, 1.807) is 40.1 Å². The molecule has 0 atom stereocenters. The first-order valence-electron chi connectivity index (χ1n) is 9.63. The molecule has 2 aromatic rings. The predicted molar refractivity (Wildman–Crippen MR) is 114 cm³/mol. The number of hydrogen-bond donors (Lipinski definition) is 1. The second-order valence-electron chi connectivity index (χ2n) is 6.92. The molecule has 7 nitrogen and oxygen atoms in total. The van der Waals surface area contributed by atoms with Gasteiger partial charge in [0, 0.05) is 50.6 Å². The van der Waals surface area contributed by atoms with E-state index in [0.29, 0.717) is 43.4 Å². The summed E-state index contributed by atoms with van der Waals surface area (Å²) in [7, 11) is 0. The Balaban J connectivity index is 1.39. The molecule has 0 saturated carbocycles. The van der Waals surface area contributed by atoms with Crippen molar-refractivity contribution in [2.75, 3.05) is 26.2 Å². The summed E-state index contributed by atoms with van der Waals surface area (Å²) in [5, 5.41) is 3.71. The molecule has 1 aliphatic rings. The largest absolute Gasteiger partial charge is 0.352 e. The average molecular weight is 449 g/mol. The summed E-state index contributed by atoms with van der Waals surface area (Å²) in [6.45, 7) is 2.08. The fourth-order valence-corrected chi connectivity index (χ4v) is 3.41. The van der Waals surface area contributed by atoms with E-state index in [4.69, 9.17) is 23.2 Å². The molecule has 2 heterocycles. The molecule has 1 aliphatic heterocycles. The van der Waals surface area contributed by atoms with Crippen LogP contribution in [0.1, 0.15) is 28.9 Å². The Morgan fingerprint density at radius 2 is 1.57 bits per heavy atom. The van der Waals surface area contributed by atoms with E-state index in [9.17, 15) is 14.4 Å². The fraction of sp³-hybridized carbons (Fsp3) is 0.333. The fourth-order valence-electron chi connectivity index (χ4n) is 3.12. The molecule has 3 rings (SSSR count). The van der Waals surface area contributed by atoms with Gasteiger partial charge in [0.1, 0.15) is 10.8 Å². The molecule has 158 valence electrons. The van der Waals surface area contributed by atoms with Crippen LogP contribution >= 0.6 is 23.2 Å². The van der Waals surface area contributed by atoms with Crippen LogP contribution in [0.25, 0.3) is 0 Å². The van der Waals surface area contributed by atoms with Crippen molar-refractivity contribution in [1.29, 1.82) is 0 Å². The van der Waals surface area contributed by atoms with Crippen LogP contribution in [-0.4, -0.2) is 58.7 Å². The molecule has 3 amide bonds. The molecule has 0 spiro atoms. The minimum Gasteiger partial charge on any atom is -0.352 e. The van der Waals surface area contributed by atoms with Crippen LogP contribution in [-0.2, 0) is 16.1 Å². The zero-order chi connectivity index (χ0) is 21.5. The topological polar surface area (TPSA) is 82.6 Å². The lowest BCUT2D eigenvalue weighted by atomic mass is 10.2. The number of nitrogens with one attached hydrogen (secondary N) is 1. The second-order valence-corrected chi connectivity index (χ2v) is 7.75. The summed E-state index contributed by atoms with van der Waals surface area (Å²) >= 11 is 11.7. The lowest BCUT2D eigenvalue weighted by Gasteiger charge is -2.34. The van der Waals surface area contributed by atoms with Crippen molar-refractivity contribution in [3.8, 4) is 0 Å².